The van der Waals surface area contributed by atoms with Crippen molar-refractivity contribution in [1.82, 2.24) is 19.5 Å². The van der Waals surface area contributed by atoms with Crippen LogP contribution < -0.4 is 11.1 Å². The maximum atomic E-state index is 13.8. The van der Waals surface area contributed by atoms with Gasteiger partial charge in [-0.25, -0.2) is 19.2 Å². The van der Waals surface area contributed by atoms with Crippen LogP contribution in [0.1, 0.15) is 23.1 Å². The highest BCUT2D eigenvalue weighted by atomic mass is 19.1. The van der Waals surface area contributed by atoms with Crippen LogP contribution in [-0.4, -0.2) is 36.6 Å². The van der Waals surface area contributed by atoms with Crippen molar-refractivity contribution in [1.29, 1.82) is 0 Å². The maximum absolute atomic E-state index is 13.8. The molecule has 174 valence electrons. The molecule has 0 aliphatic carbocycles. The van der Waals surface area contributed by atoms with Gasteiger partial charge < -0.3 is 10.8 Å². The molecule has 0 aliphatic heterocycles. The summed E-state index contributed by atoms with van der Waals surface area (Å²) in [6.45, 7) is 1.94. The Morgan fingerprint density at radius 1 is 1.06 bits per heavy atom. The number of carbonyl (C=O) groups is 2. The molecule has 0 spiro atoms. The third kappa shape index (κ3) is 3.90. The lowest BCUT2D eigenvalue weighted by Crippen LogP contribution is -2.12. The van der Waals surface area contributed by atoms with Gasteiger partial charge >= 0.3 is 6.09 Å². The van der Waals surface area contributed by atoms with E-state index in [9.17, 15) is 14.0 Å². The number of benzene rings is 2. The summed E-state index contributed by atoms with van der Waals surface area (Å²) >= 11 is 0. The quantitative estimate of drug-likeness (QED) is 0.345. The number of nitrogens with zero attached hydrogens (tertiary/aromatic N) is 4. The molecule has 5 aromatic rings. The number of carboxylic acid groups (broad SMARTS) is 1. The number of hydrogen-bond acceptors (Lipinski definition) is 5. The van der Waals surface area contributed by atoms with Crippen LogP contribution >= 0.6 is 0 Å². The number of pyridine rings is 2. The number of rotatable bonds is 5. The smallest absolute Gasteiger partial charge is 0.410 e. The van der Waals surface area contributed by atoms with Crippen molar-refractivity contribution < 1.29 is 19.1 Å². The number of carbonyl (C=O) groups excluding carboxylic acids is 1. The number of aromatic nitrogens is 4. The van der Waals surface area contributed by atoms with Gasteiger partial charge in [0.1, 0.15) is 23.0 Å². The number of nitrogens with two attached hydrogens (primary N) is 1. The van der Waals surface area contributed by atoms with E-state index in [1.165, 1.54) is 18.3 Å². The molecular weight excluding hydrogens is 451 g/mol. The first kappa shape index (κ1) is 22.0. The molecule has 0 atom stereocenters. The van der Waals surface area contributed by atoms with Crippen LogP contribution in [0.2, 0.25) is 0 Å². The van der Waals surface area contributed by atoms with Gasteiger partial charge in [0.15, 0.2) is 0 Å². The second-order valence-corrected chi connectivity index (χ2v) is 7.82. The summed E-state index contributed by atoms with van der Waals surface area (Å²) in [5.41, 5.74) is 9.46. The van der Waals surface area contributed by atoms with E-state index in [2.05, 4.69) is 15.3 Å². The molecule has 5 rings (SSSR count). The first-order valence-corrected chi connectivity index (χ1v) is 10.7. The monoisotopic (exact) mass is 470 g/mol. The van der Waals surface area contributed by atoms with E-state index in [0.29, 0.717) is 45.3 Å². The number of fused-ring (bicyclic) bond motifs is 2. The molecule has 4 N–H and O–H groups in total. The van der Waals surface area contributed by atoms with Crippen LogP contribution in [0.3, 0.4) is 0 Å². The second kappa shape index (κ2) is 8.49. The van der Waals surface area contributed by atoms with Gasteiger partial charge in [-0.2, -0.15) is 0 Å². The zero-order valence-corrected chi connectivity index (χ0v) is 18.5. The van der Waals surface area contributed by atoms with Crippen molar-refractivity contribution in [3.8, 4) is 16.8 Å². The molecule has 9 nitrogen and oxygen atoms in total. The number of primary amides is 1. The lowest BCUT2D eigenvalue weighted by Gasteiger charge is -2.13. The average Bonchev–Trinajstić information content (AvgIpc) is 3.20. The van der Waals surface area contributed by atoms with Crippen molar-refractivity contribution in [2.75, 3.05) is 5.32 Å². The number of aryl methyl sites for hydroxylation is 1. The summed E-state index contributed by atoms with van der Waals surface area (Å²) in [4.78, 5) is 36.5. The minimum absolute atomic E-state index is 0.139. The van der Waals surface area contributed by atoms with E-state index in [1.54, 1.807) is 36.5 Å². The van der Waals surface area contributed by atoms with Gasteiger partial charge in [-0.3, -0.25) is 19.7 Å². The molecule has 35 heavy (non-hydrogen) atoms. The van der Waals surface area contributed by atoms with E-state index < -0.39 is 17.8 Å². The molecule has 0 unspecified atom stereocenters. The van der Waals surface area contributed by atoms with Crippen LogP contribution in [0.25, 0.3) is 38.8 Å². The number of hydrogen-bond donors (Lipinski definition) is 3. The summed E-state index contributed by atoms with van der Waals surface area (Å²) in [7, 11) is 0. The highest BCUT2D eigenvalue weighted by molar-refractivity contribution is 6.07. The zero-order valence-electron chi connectivity index (χ0n) is 18.5. The summed E-state index contributed by atoms with van der Waals surface area (Å²) in [6.07, 6.45) is 2.37. The fraction of sp³-hybridized carbons (Fsp3) is 0.0800. The molecule has 0 aliphatic rings. The Morgan fingerprint density at radius 3 is 2.60 bits per heavy atom. The van der Waals surface area contributed by atoms with Gasteiger partial charge in [0, 0.05) is 30.3 Å². The van der Waals surface area contributed by atoms with Crippen LogP contribution in [0, 0.1) is 5.82 Å². The Labute approximate surface area is 198 Å². The van der Waals surface area contributed by atoms with Crippen LogP contribution in [0.15, 0.2) is 60.9 Å². The van der Waals surface area contributed by atoms with Gasteiger partial charge in [0.2, 0.25) is 0 Å². The van der Waals surface area contributed by atoms with Crippen molar-refractivity contribution in [3.05, 3.63) is 78.1 Å². The van der Waals surface area contributed by atoms with E-state index >= 15 is 0 Å². The predicted octanol–water partition coefficient (Wildman–Crippen LogP) is 4.53. The Balaban J connectivity index is 1.82. The van der Waals surface area contributed by atoms with Gasteiger partial charge in [-0.1, -0.05) is 6.92 Å². The first-order valence-electron chi connectivity index (χ1n) is 10.7. The SMILES string of the molecule is CCc1nc2c(C(N)=O)cc(-c3ccnc(NC(=O)O)c3)cc2n1-c1ccnc2cc(F)ccc12. The molecule has 0 radical (unpaired) electrons. The standard InChI is InChI=1S/C25H19FN6O3/c1-2-22-31-23-17(24(27)33)9-14(13-5-7-29-21(11-13)30-25(34)35)10-20(23)32(22)19-6-8-28-18-12-15(26)3-4-16(18)19/h3-12H,2H2,1H3,(H2,27,33)(H,29,30)(H,34,35). The third-order valence-electron chi connectivity index (χ3n) is 5.66. The molecule has 0 bridgehead atoms. The molecule has 2 aromatic carbocycles. The first-order chi connectivity index (χ1) is 16.9. The Hall–Kier alpha value is -4.86. The Kier molecular flexibility index (Phi) is 5.33. The zero-order chi connectivity index (χ0) is 24.7. The summed E-state index contributed by atoms with van der Waals surface area (Å²) < 4.78 is 15.8. The Bertz CT molecular complexity index is 1650. The van der Waals surface area contributed by atoms with E-state index in [1.807, 2.05) is 17.6 Å². The summed E-state index contributed by atoms with van der Waals surface area (Å²) in [5, 5.41) is 12.0. The van der Waals surface area contributed by atoms with Crippen molar-refractivity contribution in [2.24, 2.45) is 5.73 Å². The fourth-order valence-electron chi connectivity index (χ4n) is 4.17. The summed E-state index contributed by atoms with van der Waals surface area (Å²) in [5.74, 6) is -0.223. The number of amides is 2. The molecule has 0 saturated carbocycles. The average molecular weight is 470 g/mol. The van der Waals surface area contributed by atoms with Crippen LogP contribution in [-0.2, 0) is 6.42 Å². The molecule has 3 aromatic heterocycles. The number of halogens is 1. The van der Waals surface area contributed by atoms with Crippen LogP contribution in [0.4, 0.5) is 15.0 Å². The summed E-state index contributed by atoms with van der Waals surface area (Å²) in [6, 6.07) is 12.9. The molecule has 10 heteroatoms. The molecular formula is C25H19FN6O3. The molecule has 0 fully saturated rings. The Morgan fingerprint density at radius 2 is 1.86 bits per heavy atom. The van der Waals surface area contributed by atoms with Gasteiger partial charge in [-0.15, -0.1) is 0 Å². The molecule has 0 saturated heterocycles. The van der Waals surface area contributed by atoms with Gasteiger partial charge in [0.25, 0.3) is 5.91 Å². The van der Waals surface area contributed by atoms with E-state index in [-0.39, 0.29) is 11.4 Å². The maximum Gasteiger partial charge on any atom is 0.410 e. The topological polar surface area (TPSA) is 136 Å². The lowest BCUT2D eigenvalue weighted by atomic mass is 10.0. The minimum atomic E-state index is -1.24. The molecule has 3 heterocycles. The minimum Gasteiger partial charge on any atom is -0.465 e. The fourth-order valence-corrected chi connectivity index (χ4v) is 4.17. The predicted molar refractivity (Wildman–Crippen MR) is 129 cm³/mol. The number of nitrogens with one attached hydrogen (secondary N) is 1. The molecule has 2 amide bonds. The highest BCUT2D eigenvalue weighted by Crippen LogP contribution is 2.33. The van der Waals surface area contributed by atoms with E-state index in [0.717, 1.165) is 5.69 Å². The number of anilines is 1. The largest absolute Gasteiger partial charge is 0.465 e. The van der Waals surface area contributed by atoms with Gasteiger partial charge in [0.05, 0.1) is 22.3 Å². The van der Waals surface area contributed by atoms with Gasteiger partial charge in [-0.05, 0) is 53.6 Å². The normalized spacial score (nSPS) is 11.1. The lowest BCUT2D eigenvalue weighted by molar-refractivity contribution is 0.100. The second-order valence-electron chi connectivity index (χ2n) is 7.82. The number of imidazole rings is 1. The van der Waals surface area contributed by atoms with Crippen molar-refractivity contribution in [2.45, 2.75) is 13.3 Å². The highest BCUT2D eigenvalue weighted by Gasteiger charge is 2.20. The van der Waals surface area contributed by atoms with E-state index in [4.69, 9.17) is 15.8 Å². The van der Waals surface area contributed by atoms with Crippen LogP contribution in [0.5, 0.6) is 0 Å². The third-order valence-corrected chi connectivity index (χ3v) is 5.66. The van der Waals surface area contributed by atoms with Crippen molar-refractivity contribution >= 4 is 39.8 Å². The van der Waals surface area contributed by atoms with Crippen molar-refractivity contribution in [3.63, 3.8) is 0 Å².